The Kier molecular flexibility index (Phi) is 4.43. The van der Waals surface area contributed by atoms with Crippen LogP contribution in [0.3, 0.4) is 0 Å². The first kappa shape index (κ1) is 13.7. The maximum Gasteiger partial charge on any atom is 0.313 e. The van der Waals surface area contributed by atoms with E-state index in [0.717, 1.165) is 0 Å². The molecule has 7 nitrogen and oxygen atoms in total. The number of hydrogen-bond donors (Lipinski definition) is 2. The maximum absolute atomic E-state index is 11.9. The van der Waals surface area contributed by atoms with E-state index in [0.29, 0.717) is 18.0 Å². The predicted molar refractivity (Wildman–Crippen MR) is 71.1 cm³/mol. The van der Waals surface area contributed by atoms with Gasteiger partial charge in [-0.3, -0.25) is 20.0 Å². The highest BCUT2D eigenvalue weighted by atomic mass is 16.5. The van der Waals surface area contributed by atoms with Crippen molar-refractivity contribution in [2.24, 2.45) is 0 Å². The number of carbonyl (C=O) groups is 2. The van der Waals surface area contributed by atoms with Gasteiger partial charge < -0.3 is 4.74 Å². The molecule has 0 saturated heterocycles. The van der Waals surface area contributed by atoms with Crippen LogP contribution in [-0.4, -0.2) is 33.7 Å². The van der Waals surface area contributed by atoms with Crippen molar-refractivity contribution >= 4 is 17.8 Å². The first-order valence-corrected chi connectivity index (χ1v) is 6.12. The van der Waals surface area contributed by atoms with Gasteiger partial charge in [0.05, 0.1) is 6.61 Å². The number of aromatic nitrogens is 3. The van der Waals surface area contributed by atoms with E-state index in [1.165, 1.54) is 0 Å². The van der Waals surface area contributed by atoms with Crippen LogP contribution >= 0.6 is 0 Å². The molecule has 0 aliphatic rings. The molecule has 0 atom stereocenters. The summed E-state index contributed by atoms with van der Waals surface area (Å²) in [5.41, 5.74) is 0.504. The Labute approximate surface area is 115 Å². The topological polar surface area (TPSA) is 97.0 Å². The fourth-order valence-corrected chi connectivity index (χ4v) is 1.54. The maximum atomic E-state index is 11.9. The molecule has 0 aliphatic heterocycles. The minimum absolute atomic E-state index is 0.0119. The van der Waals surface area contributed by atoms with E-state index in [1.54, 1.807) is 31.2 Å². The third kappa shape index (κ3) is 3.64. The highest BCUT2D eigenvalue weighted by Crippen LogP contribution is 2.05. The number of esters is 1. The van der Waals surface area contributed by atoms with Crippen molar-refractivity contribution in [3.8, 4) is 0 Å². The molecular formula is C13H14N4O3. The molecule has 20 heavy (non-hydrogen) atoms. The Hall–Kier alpha value is -2.70. The second-order valence-electron chi connectivity index (χ2n) is 3.91. The van der Waals surface area contributed by atoms with Crippen LogP contribution in [0.25, 0.3) is 0 Å². The summed E-state index contributed by atoms with van der Waals surface area (Å²) < 4.78 is 4.79. The quantitative estimate of drug-likeness (QED) is 0.797. The van der Waals surface area contributed by atoms with Gasteiger partial charge in [-0.25, -0.2) is 0 Å². The first-order chi connectivity index (χ1) is 9.69. The highest BCUT2D eigenvalue weighted by molar-refractivity contribution is 6.03. The van der Waals surface area contributed by atoms with E-state index in [4.69, 9.17) is 4.74 Å². The largest absolute Gasteiger partial charge is 0.466 e. The average Bonchev–Trinajstić information content (AvgIpc) is 2.87. The lowest BCUT2D eigenvalue weighted by Crippen LogP contribution is -2.13. The van der Waals surface area contributed by atoms with E-state index >= 15 is 0 Å². The van der Waals surface area contributed by atoms with Gasteiger partial charge in [0.25, 0.3) is 5.91 Å². The van der Waals surface area contributed by atoms with Crippen LogP contribution in [-0.2, 0) is 16.0 Å². The van der Waals surface area contributed by atoms with Crippen LogP contribution in [0, 0.1) is 0 Å². The molecule has 2 rings (SSSR count). The average molecular weight is 274 g/mol. The van der Waals surface area contributed by atoms with Crippen LogP contribution < -0.4 is 5.32 Å². The van der Waals surface area contributed by atoms with Crippen molar-refractivity contribution in [1.29, 1.82) is 0 Å². The van der Waals surface area contributed by atoms with Crippen molar-refractivity contribution in [2.45, 2.75) is 13.3 Å². The van der Waals surface area contributed by atoms with Gasteiger partial charge >= 0.3 is 5.97 Å². The minimum atomic E-state index is -0.399. The fraction of sp³-hybridized carbons (Fsp3) is 0.231. The molecule has 2 N–H and O–H groups in total. The van der Waals surface area contributed by atoms with Gasteiger partial charge in [-0.15, -0.1) is 5.10 Å². The number of amides is 1. The van der Waals surface area contributed by atoms with Crippen LogP contribution in [0.5, 0.6) is 0 Å². The first-order valence-electron chi connectivity index (χ1n) is 6.12. The summed E-state index contributed by atoms with van der Waals surface area (Å²) in [4.78, 5) is 27.1. The normalized spacial score (nSPS) is 10.1. The van der Waals surface area contributed by atoms with Crippen molar-refractivity contribution in [3.63, 3.8) is 0 Å². The van der Waals surface area contributed by atoms with E-state index in [9.17, 15) is 9.59 Å². The van der Waals surface area contributed by atoms with Gasteiger partial charge in [0.15, 0.2) is 0 Å². The predicted octanol–water partition coefficient (Wildman–Crippen LogP) is 1.16. The molecule has 1 aromatic heterocycles. The Bertz CT molecular complexity index is 595. The smallest absolute Gasteiger partial charge is 0.313 e. The second-order valence-corrected chi connectivity index (χ2v) is 3.91. The summed E-state index contributed by atoms with van der Waals surface area (Å²) in [5.74, 6) is -0.248. The van der Waals surface area contributed by atoms with E-state index in [1.807, 2.05) is 6.07 Å². The zero-order valence-corrected chi connectivity index (χ0v) is 10.9. The lowest BCUT2D eigenvalue weighted by Gasteiger charge is -1.99. The van der Waals surface area contributed by atoms with Crippen LogP contribution in [0.15, 0.2) is 30.3 Å². The van der Waals surface area contributed by atoms with E-state index in [-0.39, 0.29) is 18.3 Å². The number of rotatable bonds is 5. The third-order valence-electron chi connectivity index (χ3n) is 2.41. The molecule has 2 aromatic rings. The van der Waals surface area contributed by atoms with Gasteiger partial charge in [-0.05, 0) is 19.1 Å². The zero-order chi connectivity index (χ0) is 14.4. The van der Waals surface area contributed by atoms with Gasteiger partial charge in [0.1, 0.15) is 12.2 Å². The summed E-state index contributed by atoms with van der Waals surface area (Å²) in [6.45, 7) is 2.04. The van der Waals surface area contributed by atoms with Gasteiger partial charge in [-0.2, -0.15) is 4.98 Å². The lowest BCUT2D eigenvalue weighted by molar-refractivity contribution is -0.142. The number of aromatic amines is 1. The summed E-state index contributed by atoms with van der Waals surface area (Å²) >= 11 is 0. The molecule has 0 unspecified atom stereocenters. The third-order valence-corrected chi connectivity index (χ3v) is 2.41. The SMILES string of the molecule is CCOC(=O)Cc1nc(NC(=O)c2ccccc2)n[nH]1. The Balaban J connectivity index is 1.96. The van der Waals surface area contributed by atoms with E-state index < -0.39 is 5.97 Å². The molecule has 0 bridgehead atoms. The molecule has 1 aromatic carbocycles. The zero-order valence-electron chi connectivity index (χ0n) is 10.9. The number of hydrogen-bond acceptors (Lipinski definition) is 5. The number of nitrogens with zero attached hydrogens (tertiary/aromatic N) is 2. The van der Waals surface area contributed by atoms with E-state index in [2.05, 4.69) is 20.5 Å². The molecule has 0 aliphatic carbocycles. The standard InChI is InChI=1S/C13H14N4O3/c1-2-20-11(18)8-10-14-13(17-16-10)15-12(19)9-6-4-3-5-7-9/h3-7H,2,8H2,1H3,(H2,14,15,16,17,19). The second kappa shape index (κ2) is 6.46. The van der Waals surface area contributed by atoms with Crippen LogP contribution in [0.2, 0.25) is 0 Å². The molecule has 0 spiro atoms. The van der Waals surface area contributed by atoms with Gasteiger partial charge in [-0.1, -0.05) is 18.2 Å². The Morgan fingerprint density at radius 1 is 1.30 bits per heavy atom. The molecule has 1 heterocycles. The van der Waals surface area contributed by atoms with Crippen molar-refractivity contribution < 1.29 is 14.3 Å². The van der Waals surface area contributed by atoms with Crippen molar-refractivity contribution in [2.75, 3.05) is 11.9 Å². The van der Waals surface area contributed by atoms with Gasteiger partial charge in [0.2, 0.25) is 5.95 Å². The molecule has 7 heteroatoms. The monoisotopic (exact) mass is 274 g/mol. The summed E-state index contributed by atoms with van der Waals surface area (Å²) in [7, 11) is 0. The molecule has 0 saturated carbocycles. The van der Waals surface area contributed by atoms with Crippen molar-refractivity contribution in [1.82, 2.24) is 15.2 Å². The Morgan fingerprint density at radius 3 is 2.75 bits per heavy atom. The fourth-order valence-electron chi connectivity index (χ4n) is 1.54. The molecule has 104 valence electrons. The number of H-pyrrole nitrogens is 1. The summed E-state index contributed by atoms with van der Waals surface area (Å²) in [5, 5.41) is 8.93. The van der Waals surface area contributed by atoms with Crippen LogP contribution in [0.4, 0.5) is 5.95 Å². The lowest BCUT2D eigenvalue weighted by atomic mass is 10.2. The highest BCUT2D eigenvalue weighted by Gasteiger charge is 2.12. The van der Waals surface area contributed by atoms with Crippen LogP contribution in [0.1, 0.15) is 23.1 Å². The molecule has 1 amide bonds. The molecule has 0 radical (unpaired) electrons. The number of ether oxygens (including phenoxy) is 1. The van der Waals surface area contributed by atoms with Gasteiger partial charge in [0, 0.05) is 5.56 Å². The summed E-state index contributed by atoms with van der Waals surface area (Å²) in [6.07, 6.45) is -0.0119. The number of carbonyl (C=O) groups excluding carboxylic acids is 2. The number of nitrogens with one attached hydrogen (secondary N) is 2. The Morgan fingerprint density at radius 2 is 2.05 bits per heavy atom. The minimum Gasteiger partial charge on any atom is -0.466 e. The van der Waals surface area contributed by atoms with Crippen molar-refractivity contribution in [3.05, 3.63) is 41.7 Å². The number of benzene rings is 1. The molecule has 0 fully saturated rings. The molecular weight excluding hydrogens is 260 g/mol. The summed E-state index contributed by atoms with van der Waals surface area (Å²) in [6, 6.07) is 8.71. The number of anilines is 1.